The van der Waals surface area contributed by atoms with Crippen LogP contribution >= 0.6 is 11.3 Å². The Labute approximate surface area is 81.6 Å². The Morgan fingerprint density at radius 3 is 2.92 bits per heavy atom. The highest BCUT2D eigenvalue weighted by Gasteiger charge is 2.08. The first-order valence-corrected chi connectivity index (χ1v) is 4.96. The van der Waals surface area contributed by atoms with E-state index in [-0.39, 0.29) is 0 Å². The van der Waals surface area contributed by atoms with Gasteiger partial charge in [-0.3, -0.25) is 0 Å². The highest BCUT2D eigenvalue weighted by molar-refractivity contribution is 7.16. The summed E-state index contributed by atoms with van der Waals surface area (Å²) in [6.07, 6.45) is 1.03. The number of nitrogens with one attached hydrogen (secondary N) is 2. The summed E-state index contributed by atoms with van der Waals surface area (Å²) in [6, 6.07) is 2.11. The highest BCUT2D eigenvalue weighted by Crippen LogP contribution is 2.25. The Kier molecular flexibility index (Phi) is 3.53. The average Bonchev–Trinajstić information content (AvgIpc) is 2.57. The first kappa shape index (κ1) is 9.81. The second-order valence-corrected chi connectivity index (χ2v) is 3.48. The van der Waals surface area contributed by atoms with Crippen LogP contribution in [0.3, 0.4) is 0 Å². The summed E-state index contributed by atoms with van der Waals surface area (Å²) in [5.74, 6) is 0.693. The maximum Gasteiger partial charge on any atom is 0.185 e. The van der Waals surface area contributed by atoms with Crippen LogP contribution in [0.4, 0.5) is 10.9 Å². The topological polar surface area (TPSA) is 60.7 Å². The van der Waals surface area contributed by atoms with Crippen molar-refractivity contribution in [1.29, 1.82) is 5.26 Å². The molecule has 5 heteroatoms. The first-order valence-electron chi connectivity index (χ1n) is 4.14. The van der Waals surface area contributed by atoms with E-state index >= 15 is 0 Å². The molecular formula is C8H12N4S. The van der Waals surface area contributed by atoms with Crippen molar-refractivity contribution in [3.8, 4) is 6.07 Å². The predicted molar refractivity (Wildman–Crippen MR) is 55.2 cm³/mol. The molecule has 0 aliphatic rings. The summed E-state index contributed by atoms with van der Waals surface area (Å²) in [5, 5.41) is 15.6. The third-order valence-electron chi connectivity index (χ3n) is 1.49. The molecule has 4 nitrogen and oxygen atoms in total. The summed E-state index contributed by atoms with van der Waals surface area (Å²) in [6.45, 7) is 2.92. The van der Waals surface area contributed by atoms with Crippen LogP contribution in [0.25, 0.3) is 0 Å². The van der Waals surface area contributed by atoms with Crippen molar-refractivity contribution in [2.45, 2.75) is 13.3 Å². The Morgan fingerprint density at radius 1 is 1.62 bits per heavy atom. The zero-order valence-electron chi connectivity index (χ0n) is 7.72. The molecule has 0 atom stereocenters. The first-order chi connectivity index (χ1) is 6.31. The maximum atomic E-state index is 8.78. The maximum absolute atomic E-state index is 8.78. The van der Waals surface area contributed by atoms with E-state index in [1.54, 1.807) is 7.05 Å². The van der Waals surface area contributed by atoms with Gasteiger partial charge in [-0.15, -0.1) is 0 Å². The van der Waals surface area contributed by atoms with Gasteiger partial charge in [0.05, 0.1) is 0 Å². The van der Waals surface area contributed by atoms with Crippen molar-refractivity contribution < 1.29 is 0 Å². The number of rotatable bonds is 4. The minimum absolute atomic E-state index is 0.637. The molecule has 1 rings (SSSR count). The van der Waals surface area contributed by atoms with Gasteiger partial charge in [-0.2, -0.15) is 5.26 Å². The molecule has 0 radical (unpaired) electrons. The quantitative estimate of drug-likeness (QED) is 0.772. The van der Waals surface area contributed by atoms with Gasteiger partial charge >= 0.3 is 0 Å². The summed E-state index contributed by atoms with van der Waals surface area (Å²) in [4.78, 5) is 4.85. The van der Waals surface area contributed by atoms with Crippen LogP contribution in [0.15, 0.2) is 0 Å². The molecule has 0 saturated heterocycles. The lowest BCUT2D eigenvalue weighted by Crippen LogP contribution is -2.01. The summed E-state index contributed by atoms with van der Waals surface area (Å²) in [5.41, 5.74) is 0. The van der Waals surface area contributed by atoms with Crippen molar-refractivity contribution in [1.82, 2.24) is 4.98 Å². The lowest BCUT2D eigenvalue weighted by molar-refractivity contribution is 0.971. The molecule has 0 fully saturated rings. The van der Waals surface area contributed by atoms with Crippen LogP contribution in [0.1, 0.15) is 18.2 Å². The van der Waals surface area contributed by atoms with Crippen LogP contribution in [-0.4, -0.2) is 18.6 Å². The second-order valence-electron chi connectivity index (χ2n) is 2.49. The van der Waals surface area contributed by atoms with E-state index in [1.807, 2.05) is 0 Å². The SMILES string of the molecule is CCCNc1nc(NC)sc1C#N. The van der Waals surface area contributed by atoms with Crippen molar-refractivity contribution in [3.63, 3.8) is 0 Å². The van der Waals surface area contributed by atoms with E-state index in [4.69, 9.17) is 5.26 Å². The van der Waals surface area contributed by atoms with Gasteiger partial charge in [0.25, 0.3) is 0 Å². The Morgan fingerprint density at radius 2 is 2.38 bits per heavy atom. The van der Waals surface area contributed by atoms with Crippen LogP contribution in [0.5, 0.6) is 0 Å². The number of thiazole rings is 1. The molecule has 0 amide bonds. The molecule has 0 aromatic carbocycles. The number of hydrogen-bond donors (Lipinski definition) is 2. The van der Waals surface area contributed by atoms with Gasteiger partial charge in [0.1, 0.15) is 6.07 Å². The smallest absolute Gasteiger partial charge is 0.185 e. The van der Waals surface area contributed by atoms with Crippen LogP contribution in [0, 0.1) is 11.3 Å². The van der Waals surface area contributed by atoms with Crippen molar-refractivity contribution in [3.05, 3.63) is 4.88 Å². The number of hydrogen-bond acceptors (Lipinski definition) is 5. The monoisotopic (exact) mass is 196 g/mol. The molecule has 1 heterocycles. The lowest BCUT2D eigenvalue weighted by atomic mass is 10.4. The van der Waals surface area contributed by atoms with Crippen molar-refractivity contribution >= 4 is 22.3 Å². The molecule has 2 N–H and O–H groups in total. The molecule has 0 aliphatic carbocycles. The zero-order valence-corrected chi connectivity index (χ0v) is 8.53. The van der Waals surface area contributed by atoms with Crippen molar-refractivity contribution in [2.75, 3.05) is 24.2 Å². The van der Waals surface area contributed by atoms with Gasteiger partial charge in [0.2, 0.25) is 0 Å². The van der Waals surface area contributed by atoms with Crippen molar-refractivity contribution in [2.24, 2.45) is 0 Å². The van der Waals surface area contributed by atoms with E-state index in [9.17, 15) is 0 Å². The Balaban J connectivity index is 2.79. The Bertz CT molecular complexity index is 312. The fraction of sp³-hybridized carbons (Fsp3) is 0.500. The average molecular weight is 196 g/mol. The van der Waals surface area contributed by atoms with E-state index in [0.717, 1.165) is 18.1 Å². The largest absolute Gasteiger partial charge is 0.368 e. The van der Waals surface area contributed by atoms with E-state index in [1.165, 1.54) is 11.3 Å². The molecule has 13 heavy (non-hydrogen) atoms. The lowest BCUT2D eigenvalue weighted by Gasteiger charge is -1.98. The van der Waals surface area contributed by atoms with E-state index in [0.29, 0.717) is 10.7 Å². The molecule has 0 bridgehead atoms. The molecule has 70 valence electrons. The molecule has 0 unspecified atom stereocenters. The minimum Gasteiger partial charge on any atom is -0.368 e. The van der Waals surface area contributed by atoms with Gasteiger partial charge in [0, 0.05) is 13.6 Å². The van der Waals surface area contributed by atoms with Crippen LogP contribution < -0.4 is 10.6 Å². The summed E-state index contributed by atoms with van der Waals surface area (Å²) in [7, 11) is 1.80. The third kappa shape index (κ3) is 2.33. The molecule has 0 aliphatic heterocycles. The molecule has 0 saturated carbocycles. The van der Waals surface area contributed by atoms with E-state index < -0.39 is 0 Å². The number of anilines is 2. The fourth-order valence-electron chi connectivity index (χ4n) is 0.866. The van der Waals surface area contributed by atoms with Gasteiger partial charge < -0.3 is 10.6 Å². The third-order valence-corrected chi connectivity index (χ3v) is 2.46. The van der Waals surface area contributed by atoms with Crippen LogP contribution in [0.2, 0.25) is 0 Å². The fourth-order valence-corrected chi connectivity index (χ4v) is 1.56. The standard InChI is InChI=1S/C8H12N4S/c1-3-4-11-7-6(5-9)13-8(10-2)12-7/h11H,3-4H2,1-2H3,(H,10,12). The van der Waals surface area contributed by atoms with Crippen LogP contribution in [-0.2, 0) is 0 Å². The molecular weight excluding hydrogens is 184 g/mol. The normalized spacial score (nSPS) is 9.31. The summed E-state index contributed by atoms with van der Waals surface area (Å²) >= 11 is 1.36. The van der Waals surface area contributed by atoms with E-state index in [2.05, 4.69) is 28.6 Å². The van der Waals surface area contributed by atoms with Gasteiger partial charge in [-0.05, 0) is 6.42 Å². The molecule has 1 aromatic heterocycles. The minimum atomic E-state index is 0.637. The summed E-state index contributed by atoms with van der Waals surface area (Å²) < 4.78 is 0. The highest BCUT2D eigenvalue weighted by atomic mass is 32.1. The predicted octanol–water partition coefficient (Wildman–Crippen LogP) is 1.88. The molecule has 0 spiro atoms. The van der Waals surface area contributed by atoms with Gasteiger partial charge in [0.15, 0.2) is 15.8 Å². The van der Waals surface area contributed by atoms with Gasteiger partial charge in [-0.25, -0.2) is 4.98 Å². The number of nitrogens with zero attached hydrogens (tertiary/aromatic N) is 2. The number of aromatic nitrogens is 1. The zero-order chi connectivity index (χ0) is 9.68. The Hall–Kier alpha value is -1.28. The number of nitriles is 1. The second kappa shape index (κ2) is 4.67. The van der Waals surface area contributed by atoms with Gasteiger partial charge in [-0.1, -0.05) is 18.3 Å². The molecule has 1 aromatic rings.